The summed E-state index contributed by atoms with van der Waals surface area (Å²) in [5, 5.41) is 3.12. The molecule has 4 heteroatoms. The number of benzene rings is 1. The van der Waals surface area contributed by atoms with Crippen molar-refractivity contribution in [3.05, 3.63) is 41.5 Å². The number of rotatable bonds is 3. The maximum Gasteiger partial charge on any atom is 0.236 e. The number of hydrogen-bond acceptors (Lipinski definition) is 3. The number of fused-ring (bicyclic) bond motifs is 4. The van der Waals surface area contributed by atoms with E-state index in [1.807, 2.05) is 31.2 Å². The highest BCUT2D eigenvalue weighted by Gasteiger charge is 2.59. The Balaban J connectivity index is 1.75. The van der Waals surface area contributed by atoms with Crippen molar-refractivity contribution in [3.63, 3.8) is 0 Å². The summed E-state index contributed by atoms with van der Waals surface area (Å²) in [6.07, 6.45) is 4.82. The summed E-state index contributed by atoms with van der Waals surface area (Å²) in [7, 11) is 0. The van der Waals surface area contributed by atoms with Crippen LogP contribution < -0.4 is 5.32 Å². The Morgan fingerprint density at radius 2 is 2.15 bits per heavy atom. The smallest absolute Gasteiger partial charge is 0.236 e. The average molecular weight is 352 g/mol. The fourth-order valence-corrected chi connectivity index (χ4v) is 5.77. The van der Waals surface area contributed by atoms with Crippen molar-refractivity contribution in [1.29, 1.82) is 0 Å². The molecule has 3 aliphatic rings. The predicted molar refractivity (Wildman–Crippen MR) is 103 cm³/mol. The van der Waals surface area contributed by atoms with E-state index < -0.39 is 5.41 Å². The largest absolute Gasteiger partial charge is 0.325 e. The van der Waals surface area contributed by atoms with E-state index in [0.717, 1.165) is 49.2 Å². The van der Waals surface area contributed by atoms with Crippen molar-refractivity contribution in [2.75, 3.05) is 18.4 Å². The molecule has 3 heterocycles. The summed E-state index contributed by atoms with van der Waals surface area (Å²) in [4.78, 5) is 27.9. The van der Waals surface area contributed by atoms with Crippen molar-refractivity contribution in [2.45, 2.75) is 51.5 Å². The van der Waals surface area contributed by atoms with Gasteiger partial charge < -0.3 is 5.32 Å². The van der Waals surface area contributed by atoms with E-state index in [4.69, 9.17) is 0 Å². The number of Topliss-reactive ketones (excluding diaryl/α,β-unsaturated/α-hetero) is 1. The predicted octanol–water partition coefficient (Wildman–Crippen LogP) is 3.53. The van der Waals surface area contributed by atoms with Gasteiger partial charge >= 0.3 is 0 Å². The summed E-state index contributed by atoms with van der Waals surface area (Å²) in [5.74, 6) is 1.05. The molecule has 0 aliphatic carbocycles. The minimum atomic E-state index is -0.455. The molecule has 0 radical (unpaired) electrons. The molecule has 4 atom stereocenters. The minimum absolute atomic E-state index is 0.143. The second-order valence-electron chi connectivity index (χ2n) is 8.04. The molecule has 2 fully saturated rings. The van der Waals surface area contributed by atoms with E-state index in [9.17, 15) is 9.59 Å². The summed E-state index contributed by atoms with van der Waals surface area (Å²) < 4.78 is 0. The fourth-order valence-electron chi connectivity index (χ4n) is 5.77. The zero-order valence-corrected chi connectivity index (χ0v) is 15.9. The van der Waals surface area contributed by atoms with E-state index >= 15 is 0 Å². The van der Waals surface area contributed by atoms with Crippen LogP contribution in [-0.4, -0.2) is 35.7 Å². The van der Waals surface area contributed by atoms with Gasteiger partial charge in [-0.3, -0.25) is 14.5 Å². The number of para-hydroxylation sites is 1. The van der Waals surface area contributed by atoms with Crippen molar-refractivity contribution < 1.29 is 9.59 Å². The molecule has 1 unspecified atom stereocenters. The van der Waals surface area contributed by atoms with Gasteiger partial charge in [0.1, 0.15) is 0 Å². The van der Waals surface area contributed by atoms with E-state index in [1.165, 1.54) is 0 Å². The molecule has 1 N–H and O–H groups in total. The summed E-state index contributed by atoms with van der Waals surface area (Å²) in [6.45, 7) is 7.80. The van der Waals surface area contributed by atoms with Gasteiger partial charge in [0.05, 0.1) is 5.41 Å². The number of amides is 1. The molecule has 2 saturated heterocycles. The van der Waals surface area contributed by atoms with E-state index in [1.54, 1.807) is 6.92 Å². The number of piperidine rings is 1. The van der Waals surface area contributed by atoms with Crippen LogP contribution in [0.25, 0.3) is 0 Å². The lowest BCUT2D eigenvalue weighted by Crippen LogP contribution is -2.53. The Morgan fingerprint density at radius 3 is 2.85 bits per heavy atom. The van der Waals surface area contributed by atoms with E-state index in [2.05, 4.69) is 23.2 Å². The second kappa shape index (κ2) is 6.34. The summed E-state index contributed by atoms with van der Waals surface area (Å²) in [5.41, 5.74) is 2.61. The molecule has 0 bridgehead atoms. The van der Waals surface area contributed by atoms with Gasteiger partial charge in [-0.1, -0.05) is 37.6 Å². The van der Waals surface area contributed by atoms with Gasteiger partial charge in [0.15, 0.2) is 5.78 Å². The SMILES string of the molecule is CC=C(C(C)=O)[C@H]1CC2N(CC[C@]23C(=O)Nc2ccccc23)C[C@H]1CC. The number of hydrogen-bond donors (Lipinski definition) is 1. The molecule has 1 amide bonds. The number of carbonyl (C=O) groups excluding carboxylic acids is 2. The normalized spacial score (nSPS) is 33.9. The van der Waals surface area contributed by atoms with Crippen LogP contribution in [0.3, 0.4) is 0 Å². The monoisotopic (exact) mass is 352 g/mol. The van der Waals surface area contributed by atoms with E-state index in [0.29, 0.717) is 5.92 Å². The topological polar surface area (TPSA) is 49.4 Å². The van der Waals surface area contributed by atoms with Gasteiger partial charge in [0.2, 0.25) is 5.91 Å². The lowest BCUT2D eigenvalue weighted by Gasteiger charge is -2.45. The van der Waals surface area contributed by atoms with Crippen LogP contribution in [0.5, 0.6) is 0 Å². The van der Waals surface area contributed by atoms with Gasteiger partial charge in [-0.15, -0.1) is 0 Å². The highest BCUT2D eigenvalue weighted by Crippen LogP contribution is 2.53. The van der Waals surface area contributed by atoms with E-state index in [-0.39, 0.29) is 23.7 Å². The zero-order chi connectivity index (χ0) is 18.5. The molecule has 3 aliphatic heterocycles. The lowest BCUT2D eigenvalue weighted by molar-refractivity contribution is -0.122. The molecule has 1 aromatic carbocycles. The molecule has 138 valence electrons. The number of nitrogens with one attached hydrogen (secondary N) is 1. The molecular weight excluding hydrogens is 324 g/mol. The number of nitrogens with zero attached hydrogens (tertiary/aromatic N) is 1. The first-order valence-corrected chi connectivity index (χ1v) is 9.85. The van der Waals surface area contributed by atoms with Crippen molar-refractivity contribution >= 4 is 17.4 Å². The Bertz CT molecular complexity index is 784. The standard InChI is InChI=1S/C22H28N2O2/c1-4-15-13-24-11-10-22(18-8-6-7-9-19(18)23-21(22)26)20(24)12-17(15)16(5-2)14(3)25/h5-9,15,17,20H,4,10-13H2,1-3H3,(H,23,26)/t15-,17+,20?,22-/m1/s1. The van der Waals surface area contributed by atoms with Crippen LogP contribution >= 0.6 is 0 Å². The first kappa shape index (κ1) is 17.5. The zero-order valence-electron chi connectivity index (χ0n) is 15.9. The van der Waals surface area contributed by atoms with Crippen LogP contribution in [0.15, 0.2) is 35.9 Å². The lowest BCUT2D eigenvalue weighted by atomic mass is 9.67. The fraction of sp³-hybridized carbons (Fsp3) is 0.545. The highest BCUT2D eigenvalue weighted by molar-refractivity contribution is 6.07. The molecule has 4 nitrogen and oxygen atoms in total. The maximum atomic E-state index is 13.1. The third-order valence-corrected chi connectivity index (χ3v) is 7.02. The number of allylic oxidation sites excluding steroid dienone is 2. The molecular formula is C22H28N2O2. The average Bonchev–Trinajstić information content (AvgIpc) is 3.14. The minimum Gasteiger partial charge on any atom is -0.325 e. The summed E-state index contributed by atoms with van der Waals surface area (Å²) in [6, 6.07) is 8.31. The number of anilines is 1. The van der Waals surface area contributed by atoms with Gasteiger partial charge in [0, 0.05) is 18.3 Å². The molecule has 1 aromatic rings. The Morgan fingerprint density at radius 1 is 1.38 bits per heavy atom. The Hall–Kier alpha value is -1.94. The Kier molecular flexibility index (Phi) is 4.26. The van der Waals surface area contributed by atoms with Crippen LogP contribution in [0.4, 0.5) is 5.69 Å². The molecule has 4 rings (SSSR count). The van der Waals surface area contributed by atoms with Gasteiger partial charge in [-0.05, 0) is 62.3 Å². The van der Waals surface area contributed by atoms with Crippen LogP contribution in [0.1, 0.15) is 45.6 Å². The Labute approximate surface area is 155 Å². The van der Waals surface area contributed by atoms with Crippen LogP contribution in [-0.2, 0) is 15.0 Å². The molecule has 0 saturated carbocycles. The number of ketones is 1. The molecule has 0 aromatic heterocycles. The van der Waals surface area contributed by atoms with Crippen LogP contribution in [0, 0.1) is 11.8 Å². The van der Waals surface area contributed by atoms with Crippen molar-refractivity contribution in [2.24, 2.45) is 11.8 Å². The third-order valence-electron chi connectivity index (χ3n) is 7.02. The maximum absolute atomic E-state index is 13.1. The van der Waals surface area contributed by atoms with Crippen molar-refractivity contribution in [1.82, 2.24) is 4.90 Å². The highest BCUT2D eigenvalue weighted by atomic mass is 16.2. The third kappa shape index (κ3) is 2.31. The first-order valence-electron chi connectivity index (χ1n) is 9.85. The quantitative estimate of drug-likeness (QED) is 0.847. The van der Waals surface area contributed by atoms with Gasteiger partial charge in [0.25, 0.3) is 0 Å². The van der Waals surface area contributed by atoms with Crippen LogP contribution in [0.2, 0.25) is 0 Å². The summed E-state index contributed by atoms with van der Waals surface area (Å²) >= 11 is 0. The van der Waals surface area contributed by atoms with Gasteiger partial charge in [-0.2, -0.15) is 0 Å². The molecule has 1 spiro atoms. The van der Waals surface area contributed by atoms with Gasteiger partial charge in [-0.25, -0.2) is 0 Å². The van der Waals surface area contributed by atoms with Crippen molar-refractivity contribution in [3.8, 4) is 0 Å². The molecule has 26 heavy (non-hydrogen) atoms. The number of carbonyl (C=O) groups is 2. The second-order valence-corrected chi connectivity index (χ2v) is 8.04. The first-order chi connectivity index (χ1) is 12.5.